The molecule has 1 saturated carbocycles. The zero-order chi connectivity index (χ0) is 27.2. The second-order valence-corrected chi connectivity index (χ2v) is 11.6. The summed E-state index contributed by atoms with van der Waals surface area (Å²) in [4.78, 5) is 27.1. The van der Waals surface area contributed by atoms with Crippen LogP contribution in [0.3, 0.4) is 0 Å². The lowest BCUT2D eigenvalue weighted by atomic mass is 9.82. The third-order valence-corrected chi connectivity index (χ3v) is 8.27. The van der Waals surface area contributed by atoms with E-state index in [9.17, 15) is 4.79 Å². The highest BCUT2D eigenvalue weighted by Crippen LogP contribution is 2.32. The van der Waals surface area contributed by atoms with Gasteiger partial charge in [-0.15, -0.1) is 11.3 Å². The largest absolute Gasteiger partial charge is 0.378 e. The van der Waals surface area contributed by atoms with Gasteiger partial charge in [-0.25, -0.2) is 4.98 Å². The molecule has 1 fully saturated rings. The molecule has 0 N–H and O–H groups in total. The Labute approximate surface area is 235 Å². The van der Waals surface area contributed by atoms with Gasteiger partial charge in [0.25, 0.3) is 0 Å². The second-order valence-electron chi connectivity index (χ2n) is 10.7. The van der Waals surface area contributed by atoms with E-state index in [4.69, 9.17) is 4.98 Å². The normalized spacial score (nSPS) is 17.3. The molecule has 0 unspecified atom stereocenters. The van der Waals surface area contributed by atoms with Gasteiger partial charge in [0.05, 0.1) is 12.2 Å². The molecule has 2 aromatic heterocycles. The lowest BCUT2D eigenvalue weighted by Crippen LogP contribution is -2.37. The molecule has 39 heavy (non-hydrogen) atoms. The maximum atomic E-state index is 13.9. The molecule has 0 atom stereocenters. The first-order valence-electron chi connectivity index (χ1n) is 13.7. The van der Waals surface area contributed by atoms with Crippen LogP contribution in [0.4, 0.5) is 11.4 Å². The van der Waals surface area contributed by atoms with Crippen molar-refractivity contribution in [2.24, 2.45) is 11.8 Å². The van der Waals surface area contributed by atoms with Crippen LogP contribution in [0.25, 0.3) is 23.4 Å². The predicted octanol–water partition coefficient (Wildman–Crippen LogP) is 7.80. The van der Waals surface area contributed by atoms with Crippen molar-refractivity contribution in [3.05, 3.63) is 94.6 Å². The van der Waals surface area contributed by atoms with Crippen LogP contribution in [0, 0.1) is 11.8 Å². The standard InChI is InChI=1S/C33H36N4OS/c1-24-7-11-28(12-8-24)33(38)37(30-6-4-5-25(21-30)10-18-32-34-19-20-39-32)23-26-9-17-31(35-22-26)27-13-15-29(16-14-27)36(2)3/h4-6,9-10,13-22,24,28H,7-8,11-12,23H2,1-3H3/b18-10+. The summed E-state index contributed by atoms with van der Waals surface area (Å²) < 4.78 is 0. The Kier molecular flexibility index (Phi) is 8.52. The molecule has 0 spiro atoms. The van der Waals surface area contributed by atoms with Gasteiger partial charge in [0, 0.05) is 54.7 Å². The molecule has 0 saturated heterocycles. The Hall–Kier alpha value is -3.77. The number of rotatable bonds is 8. The second kappa shape index (κ2) is 12.4. The number of thiazole rings is 1. The summed E-state index contributed by atoms with van der Waals surface area (Å²) in [6, 6.07) is 20.8. The maximum Gasteiger partial charge on any atom is 0.230 e. The average molecular weight is 537 g/mol. The van der Waals surface area contributed by atoms with Crippen LogP contribution in [0.1, 0.15) is 48.7 Å². The average Bonchev–Trinajstić information content (AvgIpc) is 3.49. The quantitative estimate of drug-likeness (QED) is 0.230. The first-order chi connectivity index (χ1) is 19.0. The Bertz CT molecular complexity index is 1390. The van der Waals surface area contributed by atoms with Crippen LogP contribution in [0.15, 0.2) is 78.4 Å². The molecule has 2 heterocycles. The van der Waals surface area contributed by atoms with E-state index in [0.717, 1.165) is 64.4 Å². The summed E-state index contributed by atoms with van der Waals surface area (Å²) in [7, 11) is 4.08. The molecular weight excluding hydrogens is 500 g/mol. The molecule has 1 amide bonds. The van der Waals surface area contributed by atoms with Crippen LogP contribution >= 0.6 is 11.3 Å². The number of pyridine rings is 1. The Morgan fingerprint density at radius 1 is 0.949 bits per heavy atom. The van der Waals surface area contributed by atoms with Crippen molar-refractivity contribution in [3.8, 4) is 11.3 Å². The Morgan fingerprint density at radius 2 is 1.74 bits per heavy atom. The van der Waals surface area contributed by atoms with Crippen molar-refractivity contribution in [2.45, 2.75) is 39.2 Å². The lowest BCUT2D eigenvalue weighted by molar-refractivity contribution is -0.123. The first kappa shape index (κ1) is 26.8. The third-order valence-electron chi connectivity index (χ3n) is 7.53. The highest BCUT2D eigenvalue weighted by molar-refractivity contribution is 7.10. The van der Waals surface area contributed by atoms with Crippen LogP contribution in [-0.2, 0) is 11.3 Å². The van der Waals surface area contributed by atoms with Crippen molar-refractivity contribution in [1.82, 2.24) is 9.97 Å². The number of hydrogen-bond donors (Lipinski definition) is 0. The monoisotopic (exact) mass is 536 g/mol. The molecule has 1 aliphatic carbocycles. The number of hydrogen-bond acceptors (Lipinski definition) is 5. The summed E-state index contributed by atoms with van der Waals surface area (Å²) in [5.74, 6) is 0.981. The van der Waals surface area contributed by atoms with Gasteiger partial charge in [0.2, 0.25) is 5.91 Å². The molecule has 1 aliphatic rings. The number of carbonyl (C=O) groups excluding carboxylic acids is 1. The summed E-state index contributed by atoms with van der Waals surface area (Å²) in [6.45, 7) is 2.79. The number of benzene rings is 2. The van der Waals surface area contributed by atoms with E-state index in [0.29, 0.717) is 12.5 Å². The fraction of sp³-hybridized carbons (Fsp3) is 0.303. The fourth-order valence-electron chi connectivity index (χ4n) is 5.11. The maximum absolute atomic E-state index is 13.9. The van der Waals surface area contributed by atoms with Gasteiger partial charge in [-0.2, -0.15) is 0 Å². The summed E-state index contributed by atoms with van der Waals surface area (Å²) in [6.07, 6.45) is 11.9. The minimum Gasteiger partial charge on any atom is -0.378 e. The van der Waals surface area contributed by atoms with Crippen molar-refractivity contribution < 1.29 is 4.79 Å². The Balaban J connectivity index is 1.39. The van der Waals surface area contributed by atoms with Crippen molar-refractivity contribution in [3.63, 3.8) is 0 Å². The van der Waals surface area contributed by atoms with Crippen molar-refractivity contribution in [2.75, 3.05) is 23.9 Å². The lowest BCUT2D eigenvalue weighted by Gasteiger charge is -2.31. The summed E-state index contributed by atoms with van der Waals surface area (Å²) in [5.41, 5.74) is 6.15. The molecule has 4 aromatic rings. The van der Waals surface area contributed by atoms with Gasteiger partial charge in [-0.3, -0.25) is 9.78 Å². The number of nitrogens with zero attached hydrogens (tertiary/aromatic N) is 4. The zero-order valence-corrected chi connectivity index (χ0v) is 23.8. The number of aromatic nitrogens is 2. The number of carbonyl (C=O) groups is 1. The minimum atomic E-state index is 0.0677. The molecule has 6 heteroatoms. The van der Waals surface area contributed by atoms with Gasteiger partial charge in [-0.05, 0) is 79.1 Å². The van der Waals surface area contributed by atoms with E-state index >= 15 is 0 Å². The molecule has 0 aliphatic heterocycles. The van der Waals surface area contributed by atoms with Crippen LogP contribution in [-0.4, -0.2) is 30.0 Å². The number of amides is 1. The molecule has 5 nitrogen and oxygen atoms in total. The predicted molar refractivity (Wildman–Crippen MR) is 164 cm³/mol. The van der Waals surface area contributed by atoms with Gasteiger partial charge in [0.15, 0.2) is 0 Å². The van der Waals surface area contributed by atoms with E-state index in [-0.39, 0.29) is 11.8 Å². The molecule has 5 rings (SSSR count). The topological polar surface area (TPSA) is 49.3 Å². The molecular formula is C33H36N4OS. The van der Waals surface area contributed by atoms with Crippen molar-refractivity contribution in [1.29, 1.82) is 0 Å². The van der Waals surface area contributed by atoms with Crippen LogP contribution in [0.5, 0.6) is 0 Å². The summed E-state index contributed by atoms with van der Waals surface area (Å²) >= 11 is 1.61. The molecule has 200 valence electrons. The van der Waals surface area contributed by atoms with Gasteiger partial charge < -0.3 is 9.80 Å². The highest BCUT2D eigenvalue weighted by Gasteiger charge is 2.29. The van der Waals surface area contributed by atoms with Gasteiger partial charge in [0.1, 0.15) is 5.01 Å². The smallest absolute Gasteiger partial charge is 0.230 e. The molecule has 0 radical (unpaired) electrons. The van der Waals surface area contributed by atoms with Gasteiger partial charge in [-0.1, -0.05) is 43.3 Å². The highest BCUT2D eigenvalue weighted by atomic mass is 32.1. The SMILES string of the molecule is CC1CCC(C(=O)N(Cc2ccc(-c3ccc(N(C)C)cc3)nc2)c2cccc(/C=C/c3nccs3)c2)CC1. The zero-order valence-electron chi connectivity index (χ0n) is 23.0. The summed E-state index contributed by atoms with van der Waals surface area (Å²) in [5, 5.41) is 2.94. The van der Waals surface area contributed by atoms with Crippen LogP contribution < -0.4 is 9.80 Å². The van der Waals surface area contributed by atoms with E-state index in [1.165, 1.54) is 0 Å². The van der Waals surface area contributed by atoms with E-state index < -0.39 is 0 Å². The van der Waals surface area contributed by atoms with Crippen LogP contribution in [0.2, 0.25) is 0 Å². The van der Waals surface area contributed by atoms with E-state index in [2.05, 4.69) is 71.4 Å². The van der Waals surface area contributed by atoms with E-state index in [1.807, 2.05) is 55.0 Å². The minimum absolute atomic E-state index is 0.0677. The molecule has 2 aromatic carbocycles. The first-order valence-corrected chi connectivity index (χ1v) is 14.6. The molecule has 0 bridgehead atoms. The Morgan fingerprint density at radius 3 is 2.41 bits per heavy atom. The van der Waals surface area contributed by atoms with Crippen molar-refractivity contribution >= 4 is 40.8 Å². The van der Waals surface area contributed by atoms with Gasteiger partial charge >= 0.3 is 0 Å². The number of anilines is 2. The fourth-order valence-corrected chi connectivity index (χ4v) is 5.64. The van der Waals surface area contributed by atoms with E-state index in [1.54, 1.807) is 11.3 Å². The third kappa shape index (κ3) is 6.82.